The third-order valence-corrected chi connectivity index (χ3v) is 3.54. The Kier molecular flexibility index (Phi) is 4.03. The summed E-state index contributed by atoms with van der Waals surface area (Å²) < 4.78 is 19.2. The molecule has 8 heteroatoms. The van der Waals surface area contributed by atoms with Crippen molar-refractivity contribution in [3.8, 4) is 11.5 Å². The molecule has 0 aliphatic rings. The third-order valence-electron chi connectivity index (χ3n) is 3.18. The maximum atomic E-state index is 13.7. The summed E-state index contributed by atoms with van der Waals surface area (Å²) in [6.45, 7) is 0. The average molecular weight is 334 g/mol. The Bertz CT molecular complexity index is 844. The summed E-state index contributed by atoms with van der Waals surface area (Å²) in [5.74, 6) is -0.0553. The maximum Gasteiger partial charge on any atom is 0.269 e. The maximum absolute atomic E-state index is 13.7. The zero-order valence-electron chi connectivity index (χ0n) is 11.6. The van der Waals surface area contributed by atoms with Crippen molar-refractivity contribution in [2.24, 2.45) is 0 Å². The summed E-state index contributed by atoms with van der Waals surface area (Å²) in [6, 6.07) is 10.1. The zero-order valence-corrected chi connectivity index (χ0v) is 12.3. The van der Waals surface area contributed by atoms with Gasteiger partial charge in [0.1, 0.15) is 5.82 Å². The largest absolute Gasteiger partial charge is 0.420 e. The lowest BCUT2D eigenvalue weighted by atomic mass is 10.1. The van der Waals surface area contributed by atoms with Gasteiger partial charge in [-0.25, -0.2) is 4.39 Å². The number of hydrogen-bond acceptors (Lipinski definition) is 5. The van der Waals surface area contributed by atoms with Crippen LogP contribution < -0.4 is 0 Å². The molecule has 0 bridgehead atoms. The number of hydrogen-bond donors (Lipinski definition) is 0. The van der Waals surface area contributed by atoms with Crippen LogP contribution in [0.2, 0.25) is 5.02 Å². The Balaban J connectivity index is 1.84. The highest BCUT2D eigenvalue weighted by atomic mass is 35.5. The van der Waals surface area contributed by atoms with E-state index in [9.17, 15) is 14.5 Å². The van der Waals surface area contributed by atoms with E-state index in [1.165, 1.54) is 36.4 Å². The molecule has 0 saturated heterocycles. The van der Waals surface area contributed by atoms with Crippen LogP contribution in [0.4, 0.5) is 10.1 Å². The molecule has 3 aromatic rings. The Labute approximate surface area is 134 Å². The summed E-state index contributed by atoms with van der Waals surface area (Å²) in [4.78, 5) is 10.1. The van der Waals surface area contributed by atoms with E-state index in [1.807, 2.05) is 0 Å². The monoisotopic (exact) mass is 333 g/mol. The van der Waals surface area contributed by atoms with Crippen LogP contribution in [0.1, 0.15) is 11.5 Å². The van der Waals surface area contributed by atoms with E-state index in [0.717, 1.165) is 0 Å². The highest BCUT2D eigenvalue weighted by Crippen LogP contribution is 2.25. The molecule has 0 unspecified atom stereocenters. The minimum absolute atomic E-state index is 0.0355. The summed E-state index contributed by atoms with van der Waals surface area (Å²) >= 11 is 5.96. The minimum Gasteiger partial charge on any atom is -0.420 e. The van der Waals surface area contributed by atoms with E-state index < -0.39 is 10.7 Å². The second-order valence-electron chi connectivity index (χ2n) is 4.68. The van der Waals surface area contributed by atoms with Gasteiger partial charge in [-0.3, -0.25) is 10.1 Å². The molecule has 0 N–H and O–H groups in total. The Hall–Kier alpha value is -2.80. The molecule has 0 aliphatic heterocycles. The van der Waals surface area contributed by atoms with Gasteiger partial charge in [0.05, 0.1) is 11.3 Å². The summed E-state index contributed by atoms with van der Waals surface area (Å²) in [5, 5.41) is 18.6. The molecule has 6 nitrogen and oxygen atoms in total. The topological polar surface area (TPSA) is 82.1 Å². The van der Waals surface area contributed by atoms with Crippen LogP contribution >= 0.6 is 11.6 Å². The zero-order chi connectivity index (χ0) is 16.4. The second kappa shape index (κ2) is 6.13. The summed E-state index contributed by atoms with van der Waals surface area (Å²) in [7, 11) is 0. The molecule has 116 valence electrons. The summed E-state index contributed by atoms with van der Waals surface area (Å²) in [6.07, 6.45) is 0.0610. The molecule has 3 rings (SSSR count). The molecule has 23 heavy (non-hydrogen) atoms. The fourth-order valence-electron chi connectivity index (χ4n) is 2.02. The van der Waals surface area contributed by atoms with E-state index in [2.05, 4.69) is 10.2 Å². The first-order valence-corrected chi connectivity index (χ1v) is 6.92. The molecule has 1 aromatic heterocycles. The molecule has 0 fully saturated rings. The lowest BCUT2D eigenvalue weighted by molar-refractivity contribution is -0.384. The number of halogens is 2. The lowest BCUT2D eigenvalue weighted by Gasteiger charge is -2.02. The van der Waals surface area contributed by atoms with E-state index in [-0.39, 0.29) is 34.5 Å². The Morgan fingerprint density at radius 3 is 2.57 bits per heavy atom. The van der Waals surface area contributed by atoms with Gasteiger partial charge in [0.15, 0.2) is 0 Å². The highest BCUT2D eigenvalue weighted by Gasteiger charge is 2.14. The number of rotatable bonds is 4. The molecule has 0 amide bonds. The lowest BCUT2D eigenvalue weighted by Crippen LogP contribution is -1.94. The van der Waals surface area contributed by atoms with Gasteiger partial charge in [-0.1, -0.05) is 17.7 Å². The van der Waals surface area contributed by atoms with Crippen LogP contribution in [0.25, 0.3) is 11.5 Å². The molecular weight excluding hydrogens is 325 g/mol. The van der Waals surface area contributed by atoms with E-state index in [4.69, 9.17) is 16.0 Å². The van der Waals surface area contributed by atoms with Crippen molar-refractivity contribution in [1.82, 2.24) is 10.2 Å². The van der Waals surface area contributed by atoms with Gasteiger partial charge >= 0.3 is 0 Å². The quantitative estimate of drug-likeness (QED) is 0.532. The van der Waals surface area contributed by atoms with Crippen molar-refractivity contribution in [1.29, 1.82) is 0 Å². The summed E-state index contributed by atoms with van der Waals surface area (Å²) in [5.41, 5.74) is 0.772. The molecule has 0 radical (unpaired) electrons. The smallest absolute Gasteiger partial charge is 0.269 e. The first-order valence-electron chi connectivity index (χ1n) is 6.54. The fourth-order valence-corrected chi connectivity index (χ4v) is 2.25. The number of non-ortho nitro benzene ring substituents is 1. The van der Waals surface area contributed by atoms with Crippen LogP contribution in [0.3, 0.4) is 0 Å². The highest BCUT2D eigenvalue weighted by molar-refractivity contribution is 6.31. The molecule has 1 heterocycles. The van der Waals surface area contributed by atoms with E-state index >= 15 is 0 Å². The molecule has 0 saturated carbocycles. The first-order chi connectivity index (χ1) is 11.0. The number of aromatic nitrogens is 2. The second-order valence-corrected chi connectivity index (χ2v) is 5.09. The molecule has 2 aromatic carbocycles. The molecule has 0 atom stereocenters. The molecule has 0 aliphatic carbocycles. The van der Waals surface area contributed by atoms with Crippen molar-refractivity contribution in [2.75, 3.05) is 0 Å². The van der Waals surface area contributed by atoms with Crippen LogP contribution in [0.5, 0.6) is 0 Å². The van der Waals surface area contributed by atoms with Crippen molar-refractivity contribution in [3.05, 3.63) is 74.9 Å². The SMILES string of the molecule is O=[N+]([O-])c1ccc(-c2nnc(Cc3c(F)cccc3Cl)o2)cc1. The predicted molar refractivity (Wildman–Crippen MR) is 80.6 cm³/mol. The van der Waals surface area contributed by atoms with Crippen LogP contribution in [0, 0.1) is 15.9 Å². The minimum atomic E-state index is -0.497. The van der Waals surface area contributed by atoms with Gasteiger partial charge in [-0.05, 0) is 24.3 Å². The molecular formula is C15H9ClFN3O3. The number of nitro groups is 1. The number of benzene rings is 2. The van der Waals surface area contributed by atoms with E-state index in [0.29, 0.717) is 5.56 Å². The Morgan fingerprint density at radius 1 is 1.17 bits per heavy atom. The van der Waals surface area contributed by atoms with Crippen molar-refractivity contribution in [2.45, 2.75) is 6.42 Å². The van der Waals surface area contributed by atoms with Crippen molar-refractivity contribution < 1.29 is 13.7 Å². The van der Waals surface area contributed by atoms with Gasteiger partial charge in [-0.2, -0.15) is 0 Å². The fraction of sp³-hybridized carbons (Fsp3) is 0.0667. The number of nitro benzene ring substituents is 1. The third kappa shape index (κ3) is 3.19. The van der Waals surface area contributed by atoms with E-state index in [1.54, 1.807) is 6.07 Å². The van der Waals surface area contributed by atoms with Gasteiger partial charge in [0.25, 0.3) is 5.69 Å². The predicted octanol–water partition coefficient (Wildman–Crippen LogP) is 4.03. The van der Waals surface area contributed by atoms with Crippen molar-refractivity contribution >= 4 is 17.3 Å². The normalized spacial score (nSPS) is 10.7. The average Bonchev–Trinajstić information content (AvgIpc) is 3.00. The Morgan fingerprint density at radius 2 is 1.91 bits per heavy atom. The van der Waals surface area contributed by atoms with Crippen LogP contribution in [0.15, 0.2) is 46.9 Å². The van der Waals surface area contributed by atoms with Crippen LogP contribution in [-0.2, 0) is 6.42 Å². The first kappa shape index (κ1) is 15.1. The molecule has 0 spiro atoms. The van der Waals surface area contributed by atoms with Gasteiger partial charge < -0.3 is 4.42 Å². The van der Waals surface area contributed by atoms with Gasteiger partial charge in [-0.15, -0.1) is 10.2 Å². The standard InChI is InChI=1S/C15H9ClFN3O3/c16-12-2-1-3-13(17)11(12)8-14-18-19-15(23-14)9-4-6-10(7-5-9)20(21)22/h1-7H,8H2. The van der Waals surface area contributed by atoms with Crippen LogP contribution in [-0.4, -0.2) is 15.1 Å². The van der Waals surface area contributed by atoms with Crippen molar-refractivity contribution in [3.63, 3.8) is 0 Å². The van der Waals surface area contributed by atoms with Gasteiger partial charge in [0.2, 0.25) is 11.8 Å². The number of nitrogens with zero attached hydrogens (tertiary/aromatic N) is 3. The van der Waals surface area contributed by atoms with Gasteiger partial charge in [0, 0.05) is 28.3 Å².